The Kier molecular flexibility index (Phi) is 8.51. The maximum Gasteiger partial charge on any atom is 0.234 e. The van der Waals surface area contributed by atoms with Crippen LogP contribution in [0.2, 0.25) is 0 Å². The van der Waals surface area contributed by atoms with E-state index in [9.17, 15) is 9.59 Å². The van der Waals surface area contributed by atoms with Gasteiger partial charge in [-0.15, -0.1) is 0 Å². The van der Waals surface area contributed by atoms with Crippen molar-refractivity contribution in [1.82, 2.24) is 15.1 Å². The highest BCUT2D eigenvalue weighted by atomic mass is 16.5. The maximum absolute atomic E-state index is 12.8. The molecule has 7 nitrogen and oxygen atoms in total. The minimum Gasteiger partial charge on any atom is -0.383 e. The molecule has 1 fully saturated rings. The fourth-order valence-corrected chi connectivity index (χ4v) is 2.92. The summed E-state index contributed by atoms with van der Waals surface area (Å²) in [6, 6.07) is 0. The summed E-state index contributed by atoms with van der Waals surface area (Å²) in [5.74, 6) is 0.162. The molecule has 1 heterocycles. The van der Waals surface area contributed by atoms with Crippen LogP contribution in [0.4, 0.5) is 0 Å². The molecule has 0 aromatic heterocycles. The Morgan fingerprint density at radius 2 is 1.78 bits per heavy atom. The van der Waals surface area contributed by atoms with Crippen molar-refractivity contribution in [3.63, 3.8) is 0 Å². The van der Waals surface area contributed by atoms with Crippen LogP contribution in [-0.2, 0) is 14.3 Å². The average molecular weight is 328 g/mol. The number of carbonyl (C=O) groups excluding carboxylic acids is 2. The van der Waals surface area contributed by atoms with Gasteiger partial charge in [0.2, 0.25) is 11.8 Å². The summed E-state index contributed by atoms with van der Waals surface area (Å²) in [5, 5.41) is 2.81. The summed E-state index contributed by atoms with van der Waals surface area (Å²) in [7, 11) is 1.61. The highest BCUT2D eigenvalue weighted by Crippen LogP contribution is 2.28. The normalized spacial score (nSPS) is 16.4. The van der Waals surface area contributed by atoms with Gasteiger partial charge in [-0.2, -0.15) is 0 Å². The number of amides is 2. The Morgan fingerprint density at radius 1 is 1.17 bits per heavy atom. The van der Waals surface area contributed by atoms with Crippen LogP contribution in [0.1, 0.15) is 26.7 Å². The molecule has 0 aromatic rings. The molecule has 7 heteroatoms. The van der Waals surface area contributed by atoms with Crippen molar-refractivity contribution in [3.8, 4) is 0 Å². The lowest BCUT2D eigenvalue weighted by atomic mass is 9.81. The quantitative estimate of drug-likeness (QED) is 0.565. The van der Waals surface area contributed by atoms with E-state index in [2.05, 4.69) is 10.2 Å². The predicted molar refractivity (Wildman–Crippen MR) is 90.0 cm³/mol. The zero-order valence-corrected chi connectivity index (χ0v) is 14.8. The van der Waals surface area contributed by atoms with E-state index in [1.807, 2.05) is 18.7 Å². The molecule has 0 atom stereocenters. The molecule has 134 valence electrons. The first-order valence-electron chi connectivity index (χ1n) is 8.50. The number of methoxy groups -OCH3 is 1. The molecule has 2 amide bonds. The van der Waals surface area contributed by atoms with E-state index in [0.29, 0.717) is 39.3 Å². The number of nitrogens with two attached hydrogens (primary N) is 1. The second kappa shape index (κ2) is 9.85. The molecule has 0 radical (unpaired) electrons. The van der Waals surface area contributed by atoms with Gasteiger partial charge in [-0.25, -0.2) is 0 Å². The van der Waals surface area contributed by atoms with E-state index in [0.717, 1.165) is 25.9 Å². The van der Waals surface area contributed by atoms with Crippen molar-refractivity contribution in [3.05, 3.63) is 0 Å². The molecule has 0 spiro atoms. The van der Waals surface area contributed by atoms with E-state index >= 15 is 0 Å². The highest BCUT2D eigenvalue weighted by Gasteiger charge is 2.37. The van der Waals surface area contributed by atoms with Crippen molar-refractivity contribution in [1.29, 1.82) is 0 Å². The van der Waals surface area contributed by atoms with Gasteiger partial charge in [0.15, 0.2) is 0 Å². The summed E-state index contributed by atoms with van der Waals surface area (Å²) in [4.78, 5) is 28.5. The van der Waals surface area contributed by atoms with Crippen LogP contribution in [0.3, 0.4) is 0 Å². The molecule has 0 bridgehead atoms. The lowest BCUT2D eigenvalue weighted by molar-refractivity contribution is -0.144. The molecule has 1 aliphatic heterocycles. The van der Waals surface area contributed by atoms with E-state index in [1.165, 1.54) is 0 Å². The number of ether oxygens (including phenoxy) is 1. The molecular weight excluding hydrogens is 296 g/mol. The van der Waals surface area contributed by atoms with Crippen LogP contribution in [0.15, 0.2) is 0 Å². The number of nitrogens with zero attached hydrogens (tertiary/aromatic N) is 2. The van der Waals surface area contributed by atoms with Crippen LogP contribution in [0, 0.1) is 5.41 Å². The van der Waals surface area contributed by atoms with Crippen LogP contribution in [0.25, 0.3) is 0 Å². The van der Waals surface area contributed by atoms with Crippen molar-refractivity contribution in [2.75, 3.05) is 59.5 Å². The SMILES string of the molecule is CCC(CC)(CN)C(=O)N1CCN(CC(=O)NCCOC)CC1. The first kappa shape index (κ1) is 19.9. The van der Waals surface area contributed by atoms with Crippen molar-refractivity contribution in [2.45, 2.75) is 26.7 Å². The second-order valence-corrected chi connectivity index (χ2v) is 6.10. The lowest BCUT2D eigenvalue weighted by Gasteiger charge is -2.40. The maximum atomic E-state index is 12.8. The molecule has 1 aliphatic rings. The molecule has 0 aromatic carbocycles. The molecule has 1 saturated heterocycles. The molecule has 23 heavy (non-hydrogen) atoms. The van der Waals surface area contributed by atoms with Gasteiger partial charge in [0, 0.05) is 46.4 Å². The number of carbonyl (C=O) groups is 2. The third-order valence-corrected chi connectivity index (χ3v) is 4.85. The van der Waals surface area contributed by atoms with Crippen LogP contribution < -0.4 is 11.1 Å². The number of nitrogens with one attached hydrogen (secondary N) is 1. The number of rotatable bonds is 9. The third kappa shape index (κ3) is 5.44. The molecule has 0 saturated carbocycles. The van der Waals surface area contributed by atoms with Gasteiger partial charge in [-0.3, -0.25) is 14.5 Å². The zero-order valence-electron chi connectivity index (χ0n) is 14.8. The largest absolute Gasteiger partial charge is 0.383 e. The topological polar surface area (TPSA) is 87.9 Å². The smallest absolute Gasteiger partial charge is 0.234 e. The Bertz CT molecular complexity index is 369. The Balaban J connectivity index is 2.43. The molecule has 3 N–H and O–H groups in total. The van der Waals surface area contributed by atoms with Gasteiger partial charge in [-0.05, 0) is 12.8 Å². The standard InChI is InChI=1S/C16H32N4O3/c1-4-16(5-2,13-17)15(22)20-9-7-19(8-10-20)12-14(21)18-6-11-23-3/h4-13,17H2,1-3H3,(H,18,21). The fraction of sp³-hybridized carbons (Fsp3) is 0.875. The number of hydrogen-bond acceptors (Lipinski definition) is 5. The van der Waals surface area contributed by atoms with E-state index in [1.54, 1.807) is 7.11 Å². The minimum atomic E-state index is -0.431. The van der Waals surface area contributed by atoms with Crippen LogP contribution >= 0.6 is 0 Å². The second-order valence-electron chi connectivity index (χ2n) is 6.10. The first-order valence-corrected chi connectivity index (χ1v) is 8.50. The highest BCUT2D eigenvalue weighted by molar-refractivity contribution is 5.83. The summed E-state index contributed by atoms with van der Waals surface area (Å²) in [5.41, 5.74) is 5.44. The molecular formula is C16H32N4O3. The van der Waals surface area contributed by atoms with E-state index < -0.39 is 5.41 Å². The van der Waals surface area contributed by atoms with Crippen LogP contribution in [-0.4, -0.2) is 81.1 Å². The Morgan fingerprint density at radius 3 is 2.26 bits per heavy atom. The van der Waals surface area contributed by atoms with Gasteiger partial charge in [0.25, 0.3) is 0 Å². The summed E-state index contributed by atoms with van der Waals surface area (Å²) in [6.07, 6.45) is 1.53. The predicted octanol–water partition coefficient (Wildman–Crippen LogP) is -0.342. The van der Waals surface area contributed by atoms with Crippen LogP contribution in [0.5, 0.6) is 0 Å². The summed E-state index contributed by atoms with van der Waals surface area (Å²) < 4.78 is 4.90. The van der Waals surface area contributed by atoms with Gasteiger partial charge in [0.1, 0.15) is 0 Å². The van der Waals surface area contributed by atoms with Gasteiger partial charge >= 0.3 is 0 Å². The van der Waals surface area contributed by atoms with Crippen molar-refractivity contribution in [2.24, 2.45) is 11.1 Å². The fourth-order valence-electron chi connectivity index (χ4n) is 2.92. The van der Waals surface area contributed by atoms with Crippen molar-refractivity contribution < 1.29 is 14.3 Å². The van der Waals surface area contributed by atoms with E-state index in [-0.39, 0.29) is 11.8 Å². The molecule has 0 aliphatic carbocycles. The third-order valence-electron chi connectivity index (χ3n) is 4.85. The molecule has 1 rings (SSSR count). The minimum absolute atomic E-state index is 0.000230. The monoisotopic (exact) mass is 328 g/mol. The Hall–Kier alpha value is -1.18. The Labute approximate surface area is 139 Å². The molecule has 0 unspecified atom stereocenters. The first-order chi connectivity index (χ1) is 11.0. The van der Waals surface area contributed by atoms with E-state index in [4.69, 9.17) is 10.5 Å². The lowest BCUT2D eigenvalue weighted by Crippen LogP contribution is -2.55. The van der Waals surface area contributed by atoms with Crippen molar-refractivity contribution >= 4 is 11.8 Å². The zero-order chi connectivity index (χ0) is 17.3. The average Bonchev–Trinajstić information content (AvgIpc) is 2.58. The number of piperazine rings is 1. The summed E-state index contributed by atoms with van der Waals surface area (Å²) >= 11 is 0. The van der Waals surface area contributed by atoms with Gasteiger partial charge < -0.3 is 20.7 Å². The van der Waals surface area contributed by atoms with Gasteiger partial charge in [0.05, 0.1) is 18.6 Å². The summed E-state index contributed by atoms with van der Waals surface area (Å²) in [6.45, 7) is 8.61. The van der Waals surface area contributed by atoms with Gasteiger partial charge in [-0.1, -0.05) is 13.8 Å². The number of hydrogen-bond donors (Lipinski definition) is 2.